The van der Waals surface area contributed by atoms with Crippen molar-refractivity contribution in [3.05, 3.63) is 40.9 Å². The van der Waals surface area contributed by atoms with E-state index in [0.29, 0.717) is 18.2 Å². The highest BCUT2D eigenvalue weighted by molar-refractivity contribution is 5.94. The largest absolute Gasteiger partial charge is 0.381 e. The molecule has 0 saturated carbocycles. The summed E-state index contributed by atoms with van der Waals surface area (Å²) < 4.78 is 10.6. The molecule has 1 aliphatic heterocycles. The van der Waals surface area contributed by atoms with Crippen LogP contribution in [0.3, 0.4) is 0 Å². The standard InChI is InChI=1S/C20H28N4O3/c1-14-18(15(2)27-23-14)5-4-10-21-20(25)16-6-7-19(22-13-16)24-11-8-17(26-3)9-12-24/h6-7,13,17H,4-5,8-12H2,1-3H3,(H,21,25). The van der Waals surface area contributed by atoms with E-state index < -0.39 is 0 Å². The Morgan fingerprint density at radius 1 is 1.33 bits per heavy atom. The zero-order valence-corrected chi connectivity index (χ0v) is 16.3. The van der Waals surface area contributed by atoms with Crippen LogP contribution in [-0.2, 0) is 11.2 Å². The molecule has 146 valence electrons. The van der Waals surface area contributed by atoms with Gasteiger partial charge in [-0.25, -0.2) is 4.98 Å². The number of amides is 1. The van der Waals surface area contributed by atoms with E-state index in [-0.39, 0.29) is 5.91 Å². The average molecular weight is 372 g/mol. The van der Waals surface area contributed by atoms with Gasteiger partial charge in [0.05, 0.1) is 17.4 Å². The van der Waals surface area contributed by atoms with Gasteiger partial charge < -0.3 is 19.5 Å². The lowest BCUT2D eigenvalue weighted by atomic mass is 10.1. The SMILES string of the molecule is COC1CCN(c2ccc(C(=O)NCCCc3c(C)noc3C)cn2)CC1. The zero-order valence-electron chi connectivity index (χ0n) is 16.3. The summed E-state index contributed by atoms with van der Waals surface area (Å²) in [5.74, 6) is 1.68. The van der Waals surface area contributed by atoms with Crippen molar-refractivity contribution >= 4 is 11.7 Å². The molecule has 0 aromatic carbocycles. The van der Waals surface area contributed by atoms with Crippen molar-refractivity contribution < 1.29 is 14.1 Å². The number of rotatable bonds is 7. The Kier molecular flexibility index (Phi) is 6.45. The molecule has 7 nitrogen and oxygen atoms in total. The van der Waals surface area contributed by atoms with E-state index >= 15 is 0 Å². The van der Waals surface area contributed by atoms with Crippen molar-refractivity contribution in [2.75, 3.05) is 31.6 Å². The predicted molar refractivity (Wildman–Crippen MR) is 103 cm³/mol. The van der Waals surface area contributed by atoms with E-state index in [0.717, 1.165) is 61.6 Å². The Labute approximate surface area is 160 Å². The monoisotopic (exact) mass is 372 g/mol. The first kappa shape index (κ1) is 19.4. The van der Waals surface area contributed by atoms with Gasteiger partial charge in [-0.05, 0) is 51.7 Å². The second-order valence-corrected chi connectivity index (χ2v) is 6.99. The summed E-state index contributed by atoms with van der Waals surface area (Å²) in [5, 5.41) is 6.90. The van der Waals surface area contributed by atoms with Crippen LogP contribution in [0.25, 0.3) is 0 Å². The van der Waals surface area contributed by atoms with E-state index in [4.69, 9.17) is 9.26 Å². The van der Waals surface area contributed by atoms with Gasteiger partial charge in [-0.1, -0.05) is 5.16 Å². The molecular weight excluding hydrogens is 344 g/mol. The number of carbonyl (C=O) groups excluding carboxylic acids is 1. The molecule has 0 aliphatic carbocycles. The minimum absolute atomic E-state index is 0.0918. The van der Waals surface area contributed by atoms with E-state index in [1.807, 2.05) is 26.0 Å². The molecule has 1 N–H and O–H groups in total. The van der Waals surface area contributed by atoms with Gasteiger partial charge in [0.15, 0.2) is 0 Å². The number of hydrogen-bond acceptors (Lipinski definition) is 6. The summed E-state index contributed by atoms with van der Waals surface area (Å²) in [6.07, 6.45) is 5.69. The van der Waals surface area contributed by atoms with Crippen LogP contribution in [0.15, 0.2) is 22.9 Å². The smallest absolute Gasteiger partial charge is 0.252 e. The third-order valence-corrected chi connectivity index (χ3v) is 5.18. The first-order valence-corrected chi connectivity index (χ1v) is 9.52. The molecule has 7 heteroatoms. The average Bonchev–Trinajstić information content (AvgIpc) is 3.03. The summed E-state index contributed by atoms with van der Waals surface area (Å²) in [7, 11) is 1.76. The van der Waals surface area contributed by atoms with Crippen LogP contribution >= 0.6 is 0 Å². The van der Waals surface area contributed by atoms with Gasteiger partial charge >= 0.3 is 0 Å². The fourth-order valence-corrected chi connectivity index (χ4v) is 3.46. The van der Waals surface area contributed by atoms with Crippen LogP contribution in [0.5, 0.6) is 0 Å². The van der Waals surface area contributed by atoms with Crippen LogP contribution < -0.4 is 10.2 Å². The van der Waals surface area contributed by atoms with Gasteiger partial charge in [-0.3, -0.25) is 4.79 Å². The first-order valence-electron chi connectivity index (χ1n) is 9.52. The Morgan fingerprint density at radius 3 is 2.70 bits per heavy atom. The highest BCUT2D eigenvalue weighted by Gasteiger charge is 2.19. The molecule has 2 aromatic rings. The van der Waals surface area contributed by atoms with Crippen LogP contribution in [0.1, 0.15) is 46.6 Å². The molecule has 0 spiro atoms. The number of aromatic nitrogens is 2. The number of piperidine rings is 1. The number of methoxy groups -OCH3 is 1. The number of nitrogens with one attached hydrogen (secondary N) is 1. The van der Waals surface area contributed by atoms with Crippen molar-refractivity contribution in [1.82, 2.24) is 15.5 Å². The van der Waals surface area contributed by atoms with Crippen molar-refractivity contribution in [3.8, 4) is 0 Å². The van der Waals surface area contributed by atoms with Gasteiger partial charge in [-0.2, -0.15) is 0 Å². The first-order chi connectivity index (χ1) is 13.1. The molecule has 0 unspecified atom stereocenters. The molecule has 0 bridgehead atoms. The Balaban J connectivity index is 1.45. The summed E-state index contributed by atoms with van der Waals surface area (Å²) in [5.41, 5.74) is 2.64. The van der Waals surface area contributed by atoms with E-state index in [1.165, 1.54) is 0 Å². The molecular formula is C20H28N4O3. The molecule has 1 aliphatic rings. The molecule has 27 heavy (non-hydrogen) atoms. The second-order valence-electron chi connectivity index (χ2n) is 6.99. The number of pyridine rings is 1. The van der Waals surface area contributed by atoms with Crippen molar-refractivity contribution in [3.63, 3.8) is 0 Å². The topological polar surface area (TPSA) is 80.5 Å². The van der Waals surface area contributed by atoms with E-state index in [9.17, 15) is 4.79 Å². The minimum atomic E-state index is -0.0918. The van der Waals surface area contributed by atoms with Crippen LogP contribution in [0, 0.1) is 13.8 Å². The number of carbonyl (C=O) groups is 1. The van der Waals surface area contributed by atoms with E-state index in [2.05, 4.69) is 20.4 Å². The van der Waals surface area contributed by atoms with Crippen LogP contribution in [0.4, 0.5) is 5.82 Å². The number of anilines is 1. The summed E-state index contributed by atoms with van der Waals surface area (Å²) in [6, 6.07) is 3.76. The van der Waals surface area contributed by atoms with Crippen LogP contribution in [-0.4, -0.2) is 48.9 Å². The second kappa shape index (κ2) is 8.99. The molecule has 1 amide bonds. The molecule has 1 fully saturated rings. The lowest BCUT2D eigenvalue weighted by molar-refractivity contribution is 0.0818. The molecule has 3 rings (SSSR count). The fourth-order valence-electron chi connectivity index (χ4n) is 3.46. The summed E-state index contributed by atoms with van der Waals surface area (Å²) >= 11 is 0. The molecule has 0 radical (unpaired) electrons. The highest BCUT2D eigenvalue weighted by Crippen LogP contribution is 2.19. The van der Waals surface area contributed by atoms with Crippen molar-refractivity contribution in [1.29, 1.82) is 0 Å². The Bertz CT molecular complexity index is 730. The lowest BCUT2D eigenvalue weighted by Crippen LogP contribution is -2.37. The molecule has 1 saturated heterocycles. The minimum Gasteiger partial charge on any atom is -0.381 e. The number of ether oxygens (including phenoxy) is 1. The fraction of sp³-hybridized carbons (Fsp3) is 0.550. The highest BCUT2D eigenvalue weighted by atomic mass is 16.5. The number of nitrogens with zero attached hydrogens (tertiary/aromatic N) is 3. The van der Waals surface area contributed by atoms with Gasteiger partial charge in [0, 0.05) is 38.5 Å². The van der Waals surface area contributed by atoms with Gasteiger partial charge in [0.1, 0.15) is 11.6 Å². The van der Waals surface area contributed by atoms with Crippen molar-refractivity contribution in [2.45, 2.75) is 45.6 Å². The molecule has 0 atom stereocenters. The summed E-state index contributed by atoms with van der Waals surface area (Å²) in [4.78, 5) is 19.0. The summed E-state index contributed by atoms with van der Waals surface area (Å²) in [6.45, 7) is 6.32. The molecule has 2 aromatic heterocycles. The normalized spacial score (nSPS) is 15.1. The van der Waals surface area contributed by atoms with Crippen LogP contribution in [0.2, 0.25) is 0 Å². The van der Waals surface area contributed by atoms with Crippen molar-refractivity contribution in [2.24, 2.45) is 0 Å². The number of aryl methyl sites for hydroxylation is 2. The predicted octanol–water partition coefficient (Wildman–Crippen LogP) is 2.66. The number of hydrogen-bond donors (Lipinski definition) is 1. The Morgan fingerprint density at radius 2 is 2.11 bits per heavy atom. The quantitative estimate of drug-likeness (QED) is 0.753. The zero-order chi connectivity index (χ0) is 19.2. The molecule has 3 heterocycles. The van der Waals surface area contributed by atoms with Gasteiger partial charge in [0.2, 0.25) is 0 Å². The maximum atomic E-state index is 12.3. The third kappa shape index (κ3) is 4.86. The van der Waals surface area contributed by atoms with Gasteiger partial charge in [-0.15, -0.1) is 0 Å². The third-order valence-electron chi connectivity index (χ3n) is 5.18. The Hall–Kier alpha value is -2.41. The maximum absolute atomic E-state index is 12.3. The van der Waals surface area contributed by atoms with E-state index in [1.54, 1.807) is 13.3 Å². The maximum Gasteiger partial charge on any atom is 0.252 e. The van der Waals surface area contributed by atoms with Gasteiger partial charge in [0.25, 0.3) is 5.91 Å². The lowest BCUT2D eigenvalue weighted by Gasteiger charge is -2.32.